The van der Waals surface area contributed by atoms with Gasteiger partial charge in [-0.15, -0.1) is 0 Å². The second kappa shape index (κ2) is 4.63. The number of hydrogen-bond acceptors (Lipinski definition) is 2. The molecule has 0 saturated carbocycles. The first kappa shape index (κ1) is 12.1. The summed E-state index contributed by atoms with van der Waals surface area (Å²) in [5.74, 6) is -0.555. The molecule has 0 bridgehead atoms. The maximum atomic E-state index is 12.9. The smallest absolute Gasteiger partial charge is 0.195 e. The molecule has 3 rings (SSSR count). The third-order valence-corrected chi connectivity index (χ3v) is 3.16. The zero-order valence-corrected chi connectivity index (χ0v) is 10.4. The van der Waals surface area contributed by atoms with Crippen LogP contribution in [0, 0.1) is 17.1 Å². The van der Waals surface area contributed by atoms with Crippen molar-refractivity contribution < 1.29 is 9.18 Å². The van der Waals surface area contributed by atoms with E-state index in [2.05, 4.69) is 4.98 Å². The minimum absolute atomic E-state index is 0.180. The molecule has 3 nitrogen and oxygen atoms in total. The van der Waals surface area contributed by atoms with Crippen LogP contribution in [0.25, 0.3) is 10.9 Å². The number of carbonyl (C=O) groups is 1. The molecule has 1 heterocycles. The van der Waals surface area contributed by atoms with Crippen molar-refractivity contribution in [1.29, 1.82) is 5.26 Å². The Morgan fingerprint density at radius 1 is 1.15 bits per heavy atom. The van der Waals surface area contributed by atoms with Crippen LogP contribution in [0.3, 0.4) is 0 Å². The van der Waals surface area contributed by atoms with Gasteiger partial charge in [0.1, 0.15) is 5.82 Å². The number of ketones is 1. The number of benzene rings is 2. The molecule has 0 aliphatic heterocycles. The van der Waals surface area contributed by atoms with Crippen molar-refractivity contribution >= 4 is 16.7 Å². The SMILES string of the molecule is N#Cc1ccc2c(C(=O)c3ccc(F)cc3)c[nH]c2c1. The van der Waals surface area contributed by atoms with Crippen LogP contribution in [-0.2, 0) is 0 Å². The van der Waals surface area contributed by atoms with Crippen molar-refractivity contribution in [3.8, 4) is 6.07 Å². The standard InChI is InChI=1S/C16H9FN2O/c17-12-4-2-11(3-5-12)16(20)14-9-19-15-7-10(8-18)1-6-13(14)15/h1-7,9,19H. The Bertz CT molecular complexity index is 841. The highest BCUT2D eigenvalue weighted by atomic mass is 19.1. The number of nitrogens with one attached hydrogen (secondary N) is 1. The Labute approximate surface area is 114 Å². The van der Waals surface area contributed by atoms with Crippen LogP contribution >= 0.6 is 0 Å². The highest BCUT2D eigenvalue weighted by molar-refractivity contribution is 6.16. The van der Waals surface area contributed by atoms with Crippen LogP contribution in [0.5, 0.6) is 0 Å². The van der Waals surface area contributed by atoms with E-state index < -0.39 is 0 Å². The van der Waals surface area contributed by atoms with Gasteiger partial charge in [0.2, 0.25) is 0 Å². The van der Waals surface area contributed by atoms with Crippen molar-refractivity contribution in [2.24, 2.45) is 0 Å². The van der Waals surface area contributed by atoms with Gasteiger partial charge in [0, 0.05) is 28.2 Å². The molecule has 20 heavy (non-hydrogen) atoms. The van der Waals surface area contributed by atoms with E-state index in [1.165, 1.54) is 24.3 Å². The van der Waals surface area contributed by atoms with E-state index in [-0.39, 0.29) is 11.6 Å². The number of H-pyrrole nitrogens is 1. The van der Waals surface area contributed by atoms with Crippen LogP contribution in [0.2, 0.25) is 0 Å². The van der Waals surface area contributed by atoms with Crippen molar-refractivity contribution in [3.05, 3.63) is 71.2 Å². The number of fused-ring (bicyclic) bond motifs is 1. The number of aromatic amines is 1. The van der Waals surface area contributed by atoms with E-state index in [1.807, 2.05) is 6.07 Å². The Balaban J connectivity index is 2.08. The van der Waals surface area contributed by atoms with E-state index in [4.69, 9.17) is 5.26 Å². The van der Waals surface area contributed by atoms with Crippen LogP contribution in [0.4, 0.5) is 4.39 Å². The highest BCUT2D eigenvalue weighted by Gasteiger charge is 2.14. The molecule has 0 saturated heterocycles. The summed E-state index contributed by atoms with van der Waals surface area (Å²) in [6.45, 7) is 0. The summed E-state index contributed by atoms with van der Waals surface area (Å²) in [7, 11) is 0. The highest BCUT2D eigenvalue weighted by Crippen LogP contribution is 2.22. The molecule has 0 spiro atoms. The second-order valence-corrected chi connectivity index (χ2v) is 4.41. The molecule has 0 atom stereocenters. The van der Waals surface area contributed by atoms with Gasteiger partial charge in [0.05, 0.1) is 11.6 Å². The summed E-state index contributed by atoms with van der Waals surface area (Å²) in [6.07, 6.45) is 1.61. The quantitative estimate of drug-likeness (QED) is 0.721. The number of halogens is 1. The lowest BCUT2D eigenvalue weighted by molar-refractivity contribution is 0.104. The molecule has 2 aromatic carbocycles. The number of carbonyl (C=O) groups excluding carboxylic acids is 1. The molecule has 4 heteroatoms. The molecule has 0 unspecified atom stereocenters. The lowest BCUT2D eigenvalue weighted by Gasteiger charge is -2.00. The summed E-state index contributed by atoms with van der Waals surface area (Å²) in [4.78, 5) is 15.4. The van der Waals surface area contributed by atoms with Crippen LogP contribution < -0.4 is 0 Å². The number of nitriles is 1. The number of rotatable bonds is 2. The molecule has 1 N–H and O–H groups in total. The molecule has 0 amide bonds. The van der Waals surface area contributed by atoms with E-state index >= 15 is 0 Å². The van der Waals surface area contributed by atoms with Gasteiger partial charge in [0.15, 0.2) is 5.78 Å². The number of aromatic nitrogens is 1. The zero-order valence-electron chi connectivity index (χ0n) is 10.4. The average Bonchev–Trinajstić information content (AvgIpc) is 2.90. The van der Waals surface area contributed by atoms with Gasteiger partial charge in [-0.05, 0) is 36.4 Å². The van der Waals surface area contributed by atoms with E-state index in [9.17, 15) is 9.18 Å². The zero-order chi connectivity index (χ0) is 14.1. The number of hydrogen-bond donors (Lipinski definition) is 1. The Kier molecular flexibility index (Phi) is 2.81. The Hall–Kier alpha value is -2.93. The van der Waals surface area contributed by atoms with Crippen molar-refractivity contribution in [2.75, 3.05) is 0 Å². The molecular weight excluding hydrogens is 255 g/mol. The summed E-state index contributed by atoms with van der Waals surface area (Å²) in [6, 6.07) is 12.6. The first-order valence-electron chi connectivity index (χ1n) is 6.00. The van der Waals surface area contributed by atoms with Crippen molar-refractivity contribution in [2.45, 2.75) is 0 Å². The second-order valence-electron chi connectivity index (χ2n) is 4.41. The van der Waals surface area contributed by atoms with E-state index in [1.54, 1.807) is 24.4 Å². The maximum absolute atomic E-state index is 12.9. The Morgan fingerprint density at radius 3 is 2.60 bits per heavy atom. The van der Waals surface area contributed by atoms with Crippen LogP contribution in [-0.4, -0.2) is 10.8 Å². The third kappa shape index (κ3) is 1.95. The molecule has 0 fully saturated rings. The molecular formula is C16H9FN2O. The molecule has 0 aliphatic carbocycles. The molecule has 3 aromatic rings. The predicted octanol–water partition coefficient (Wildman–Crippen LogP) is 3.41. The topological polar surface area (TPSA) is 56.6 Å². The van der Waals surface area contributed by atoms with E-state index in [0.29, 0.717) is 16.7 Å². The number of nitrogens with zero attached hydrogens (tertiary/aromatic N) is 1. The maximum Gasteiger partial charge on any atom is 0.195 e. The predicted molar refractivity (Wildman–Crippen MR) is 72.8 cm³/mol. The monoisotopic (exact) mass is 264 g/mol. The Morgan fingerprint density at radius 2 is 1.90 bits per heavy atom. The average molecular weight is 264 g/mol. The summed E-state index contributed by atoms with van der Waals surface area (Å²) in [5, 5.41) is 9.60. The summed E-state index contributed by atoms with van der Waals surface area (Å²) >= 11 is 0. The molecule has 96 valence electrons. The fraction of sp³-hybridized carbons (Fsp3) is 0. The molecule has 0 aliphatic rings. The molecule has 0 radical (unpaired) electrons. The largest absolute Gasteiger partial charge is 0.360 e. The lowest BCUT2D eigenvalue weighted by Crippen LogP contribution is -2.00. The van der Waals surface area contributed by atoms with Gasteiger partial charge in [-0.3, -0.25) is 4.79 Å². The van der Waals surface area contributed by atoms with Gasteiger partial charge in [0.25, 0.3) is 0 Å². The normalized spacial score (nSPS) is 10.4. The first-order valence-corrected chi connectivity index (χ1v) is 6.00. The van der Waals surface area contributed by atoms with E-state index in [0.717, 1.165) is 10.9 Å². The summed E-state index contributed by atoms with van der Waals surface area (Å²) < 4.78 is 12.9. The lowest BCUT2D eigenvalue weighted by atomic mass is 10.0. The van der Waals surface area contributed by atoms with Crippen molar-refractivity contribution in [1.82, 2.24) is 4.98 Å². The van der Waals surface area contributed by atoms with Gasteiger partial charge in [-0.2, -0.15) is 5.26 Å². The summed E-state index contributed by atoms with van der Waals surface area (Å²) in [5.41, 5.74) is 2.20. The minimum atomic E-state index is -0.376. The third-order valence-electron chi connectivity index (χ3n) is 3.16. The fourth-order valence-corrected chi connectivity index (χ4v) is 2.14. The van der Waals surface area contributed by atoms with Crippen molar-refractivity contribution in [3.63, 3.8) is 0 Å². The van der Waals surface area contributed by atoms with Gasteiger partial charge < -0.3 is 4.98 Å². The van der Waals surface area contributed by atoms with Gasteiger partial charge >= 0.3 is 0 Å². The van der Waals surface area contributed by atoms with Crippen LogP contribution in [0.1, 0.15) is 21.5 Å². The van der Waals surface area contributed by atoms with Gasteiger partial charge in [-0.1, -0.05) is 6.07 Å². The van der Waals surface area contributed by atoms with Gasteiger partial charge in [-0.25, -0.2) is 4.39 Å². The fourth-order valence-electron chi connectivity index (χ4n) is 2.14. The molecule has 1 aromatic heterocycles. The minimum Gasteiger partial charge on any atom is -0.360 e. The first-order chi connectivity index (χ1) is 9.69. The van der Waals surface area contributed by atoms with Crippen LogP contribution in [0.15, 0.2) is 48.7 Å².